The molecule has 2 aromatic rings. The summed E-state index contributed by atoms with van der Waals surface area (Å²) in [7, 11) is 0. The van der Waals surface area contributed by atoms with Gasteiger partial charge in [-0.3, -0.25) is 9.69 Å². The van der Waals surface area contributed by atoms with Crippen LogP contribution in [-0.4, -0.2) is 40.4 Å². The normalized spacial score (nSPS) is 18.2. The summed E-state index contributed by atoms with van der Waals surface area (Å²) in [5, 5.41) is 0.584. The predicted octanol–water partition coefficient (Wildman–Crippen LogP) is 4.43. The molecule has 0 aromatic heterocycles. The highest BCUT2D eigenvalue weighted by Crippen LogP contribution is 2.46. The maximum Gasteiger partial charge on any atom is 0.338 e. The maximum atomic E-state index is 13.3. The van der Waals surface area contributed by atoms with Gasteiger partial charge in [0.2, 0.25) is 5.91 Å². The molecule has 4 rings (SSSR count). The minimum Gasteiger partial charge on any atom is -0.491 e. The number of ether oxygens (including phenoxy) is 2. The van der Waals surface area contributed by atoms with Crippen LogP contribution in [0.25, 0.3) is 5.70 Å². The molecule has 0 spiro atoms. The largest absolute Gasteiger partial charge is 0.491 e. The van der Waals surface area contributed by atoms with E-state index in [1.165, 1.54) is 11.8 Å². The third-order valence-electron chi connectivity index (χ3n) is 4.91. The Morgan fingerprint density at radius 1 is 1.16 bits per heavy atom. The number of fused-ring (bicyclic) bond motifs is 1. The minimum atomic E-state index is -0.681. The molecule has 6 nitrogen and oxygen atoms in total. The van der Waals surface area contributed by atoms with Crippen molar-refractivity contribution in [2.45, 2.75) is 32.9 Å². The highest BCUT2D eigenvalue weighted by molar-refractivity contribution is 8.15. The van der Waals surface area contributed by atoms with Crippen LogP contribution in [-0.2, 0) is 14.3 Å². The number of aliphatic imine (C=N–C) groups is 1. The number of amides is 1. The van der Waals surface area contributed by atoms with Gasteiger partial charge in [0.05, 0.1) is 29.7 Å². The Bertz CT molecular complexity index is 1060. The Kier molecular flexibility index (Phi) is 6.13. The van der Waals surface area contributed by atoms with Crippen molar-refractivity contribution in [1.29, 1.82) is 0 Å². The molecule has 2 aliphatic heterocycles. The number of thioether (sulfide) groups is 1. The van der Waals surface area contributed by atoms with Crippen molar-refractivity contribution in [3.05, 3.63) is 71.3 Å². The molecule has 0 radical (unpaired) electrons. The molecule has 1 unspecified atom stereocenters. The maximum absolute atomic E-state index is 13.3. The number of para-hydroxylation sites is 1. The summed E-state index contributed by atoms with van der Waals surface area (Å²) < 4.78 is 11.5. The molecule has 7 heteroatoms. The van der Waals surface area contributed by atoms with Crippen LogP contribution in [0.15, 0.2) is 65.2 Å². The summed E-state index contributed by atoms with van der Waals surface area (Å²) in [5.41, 5.74) is 2.39. The summed E-state index contributed by atoms with van der Waals surface area (Å²) in [6.45, 7) is 5.87. The van der Waals surface area contributed by atoms with E-state index in [4.69, 9.17) is 14.5 Å². The Labute approximate surface area is 185 Å². The first-order valence-corrected chi connectivity index (χ1v) is 11.3. The number of benzene rings is 2. The van der Waals surface area contributed by atoms with Crippen molar-refractivity contribution in [2.24, 2.45) is 4.99 Å². The zero-order valence-electron chi connectivity index (χ0n) is 17.7. The van der Waals surface area contributed by atoms with Gasteiger partial charge in [-0.05, 0) is 26.8 Å². The lowest BCUT2D eigenvalue weighted by Gasteiger charge is -2.34. The van der Waals surface area contributed by atoms with E-state index in [9.17, 15) is 9.59 Å². The first-order valence-electron chi connectivity index (χ1n) is 10.3. The topological polar surface area (TPSA) is 68.2 Å². The zero-order chi connectivity index (χ0) is 22.0. The number of esters is 1. The van der Waals surface area contributed by atoms with Crippen molar-refractivity contribution in [3.63, 3.8) is 0 Å². The Hall–Kier alpha value is -3.06. The Morgan fingerprint density at radius 3 is 2.58 bits per heavy atom. The van der Waals surface area contributed by atoms with Crippen molar-refractivity contribution >= 4 is 34.5 Å². The van der Waals surface area contributed by atoms with Gasteiger partial charge in [-0.1, -0.05) is 60.3 Å². The molecule has 0 aliphatic carbocycles. The number of hydrogen-bond acceptors (Lipinski definition) is 6. The number of carbonyl (C=O) groups is 2. The van der Waals surface area contributed by atoms with Gasteiger partial charge in [-0.25, -0.2) is 9.79 Å². The second-order valence-electron chi connectivity index (χ2n) is 7.40. The quantitative estimate of drug-likeness (QED) is 0.627. The summed E-state index contributed by atoms with van der Waals surface area (Å²) >= 11 is 1.38. The lowest BCUT2D eigenvalue weighted by atomic mass is 9.91. The standard InChI is InChI=1S/C24H24N2O4S/c1-4-29-23(28)20-21(16-10-6-5-7-11-16)25-24-26(19(27)14-31-24)22(20)17-12-8-9-13-18(17)30-15(2)3/h5-13,15,22H,4,14H2,1-3H3. The Morgan fingerprint density at radius 2 is 1.87 bits per heavy atom. The average molecular weight is 437 g/mol. The number of carbonyl (C=O) groups excluding carboxylic acids is 2. The Balaban J connectivity index is 1.98. The van der Waals surface area contributed by atoms with E-state index in [-0.39, 0.29) is 24.4 Å². The van der Waals surface area contributed by atoms with E-state index in [1.54, 1.807) is 11.8 Å². The van der Waals surface area contributed by atoms with Crippen LogP contribution < -0.4 is 4.74 Å². The van der Waals surface area contributed by atoms with E-state index < -0.39 is 12.0 Å². The van der Waals surface area contributed by atoms with Crippen LogP contribution in [0.2, 0.25) is 0 Å². The fraction of sp³-hybridized carbons (Fsp3) is 0.292. The third kappa shape index (κ3) is 4.10. The van der Waals surface area contributed by atoms with Crippen LogP contribution in [0, 0.1) is 0 Å². The van der Waals surface area contributed by atoms with Gasteiger partial charge in [0.1, 0.15) is 11.8 Å². The molecular weight excluding hydrogens is 412 g/mol. The highest BCUT2D eigenvalue weighted by atomic mass is 32.2. The predicted molar refractivity (Wildman–Crippen MR) is 122 cm³/mol. The molecule has 1 amide bonds. The van der Waals surface area contributed by atoms with E-state index >= 15 is 0 Å². The SMILES string of the molecule is CCOC(=O)C1=C(c2ccccc2)N=C2SCC(=O)N2C1c1ccccc1OC(C)C. The molecule has 1 fully saturated rings. The molecule has 0 saturated carbocycles. The number of amidine groups is 1. The molecule has 2 aromatic carbocycles. The highest BCUT2D eigenvalue weighted by Gasteiger charge is 2.45. The van der Waals surface area contributed by atoms with Crippen molar-refractivity contribution in [2.75, 3.05) is 12.4 Å². The van der Waals surface area contributed by atoms with Gasteiger partial charge in [0.15, 0.2) is 5.17 Å². The minimum absolute atomic E-state index is 0.0647. The van der Waals surface area contributed by atoms with Gasteiger partial charge >= 0.3 is 5.97 Å². The van der Waals surface area contributed by atoms with Crippen LogP contribution in [0.1, 0.15) is 37.9 Å². The summed E-state index contributed by atoms with van der Waals surface area (Å²) in [6.07, 6.45) is -0.0647. The fourth-order valence-electron chi connectivity index (χ4n) is 3.72. The van der Waals surface area contributed by atoms with Gasteiger partial charge in [0, 0.05) is 11.1 Å². The van der Waals surface area contributed by atoms with E-state index in [0.29, 0.717) is 22.2 Å². The molecule has 2 heterocycles. The molecule has 1 saturated heterocycles. The monoisotopic (exact) mass is 436 g/mol. The summed E-state index contributed by atoms with van der Waals surface area (Å²) in [6, 6.07) is 16.4. The van der Waals surface area contributed by atoms with Crippen molar-refractivity contribution < 1.29 is 19.1 Å². The van der Waals surface area contributed by atoms with E-state index in [1.807, 2.05) is 68.4 Å². The molecule has 160 valence electrons. The van der Waals surface area contributed by atoms with Gasteiger partial charge in [0.25, 0.3) is 0 Å². The molecule has 0 bridgehead atoms. The number of nitrogens with zero attached hydrogens (tertiary/aromatic N) is 2. The van der Waals surface area contributed by atoms with Crippen LogP contribution in [0.4, 0.5) is 0 Å². The van der Waals surface area contributed by atoms with Gasteiger partial charge < -0.3 is 9.47 Å². The van der Waals surface area contributed by atoms with Crippen LogP contribution in [0.3, 0.4) is 0 Å². The molecule has 1 atom stereocenters. The smallest absolute Gasteiger partial charge is 0.338 e. The summed E-state index contributed by atoms with van der Waals surface area (Å²) in [4.78, 5) is 32.5. The molecule has 31 heavy (non-hydrogen) atoms. The van der Waals surface area contributed by atoms with Crippen molar-refractivity contribution in [1.82, 2.24) is 4.90 Å². The molecule has 2 aliphatic rings. The lowest BCUT2D eigenvalue weighted by molar-refractivity contribution is -0.139. The van der Waals surface area contributed by atoms with Crippen molar-refractivity contribution in [3.8, 4) is 5.75 Å². The lowest BCUT2D eigenvalue weighted by Crippen LogP contribution is -2.40. The summed E-state index contributed by atoms with van der Waals surface area (Å²) in [5.74, 6) is 0.323. The van der Waals surface area contributed by atoms with Gasteiger partial charge in [-0.15, -0.1) is 0 Å². The van der Waals surface area contributed by atoms with Gasteiger partial charge in [-0.2, -0.15) is 0 Å². The second kappa shape index (κ2) is 8.98. The second-order valence-corrected chi connectivity index (χ2v) is 8.35. The van der Waals surface area contributed by atoms with E-state index in [0.717, 1.165) is 11.1 Å². The molecule has 0 N–H and O–H groups in total. The number of hydrogen-bond donors (Lipinski definition) is 0. The first-order chi connectivity index (χ1) is 15.0. The van der Waals surface area contributed by atoms with Crippen LogP contribution >= 0.6 is 11.8 Å². The first kappa shape index (κ1) is 21.2. The van der Waals surface area contributed by atoms with Crippen LogP contribution in [0.5, 0.6) is 5.75 Å². The molecular formula is C24H24N2O4S. The average Bonchev–Trinajstić information content (AvgIpc) is 3.14. The third-order valence-corrected chi connectivity index (χ3v) is 5.85. The van der Waals surface area contributed by atoms with E-state index in [2.05, 4.69) is 0 Å². The fourth-order valence-corrected chi connectivity index (χ4v) is 4.62. The number of rotatable bonds is 6. The zero-order valence-corrected chi connectivity index (χ0v) is 18.5.